The molecule has 0 saturated carbocycles. The first-order chi connectivity index (χ1) is 7.09. The van der Waals surface area contributed by atoms with Gasteiger partial charge in [0.2, 0.25) is 0 Å². The Kier molecular flexibility index (Phi) is 3.05. The van der Waals surface area contributed by atoms with E-state index in [0.717, 1.165) is 0 Å². The van der Waals surface area contributed by atoms with Gasteiger partial charge >= 0.3 is 0 Å². The van der Waals surface area contributed by atoms with E-state index in [0.29, 0.717) is 0 Å². The highest BCUT2D eigenvalue weighted by atomic mass is 28.3. The van der Waals surface area contributed by atoms with Crippen molar-refractivity contribution in [1.29, 1.82) is 0 Å². The van der Waals surface area contributed by atoms with E-state index in [1.165, 1.54) is 49.5 Å². The van der Waals surface area contributed by atoms with E-state index >= 15 is 0 Å². The lowest BCUT2D eigenvalue weighted by Gasteiger charge is -2.17. The van der Waals surface area contributed by atoms with Crippen molar-refractivity contribution >= 4 is 13.5 Å². The molecule has 2 rings (SSSR count). The smallest absolute Gasteiger partial charge is 0.123 e. The molecule has 0 amide bonds. The zero-order valence-electron chi connectivity index (χ0n) is 10.2. The van der Waals surface area contributed by atoms with E-state index in [9.17, 15) is 0 Å². The van der Waals surface area contributed by atoms with Crippen LogP contribution in [0.2, 0.25) is 19.6 Å². The highest BCUT2D eigenvalue weighted by Crippen LogP contribution is 2.22. The summed E-state index contributed by atoms with van der Waals surface area (Å²) in [6.07, 6.45) is 10.0. The Morgan fingerprint density at radius 2 is 1.67 bits per heavy atom. The third-order valence-electron chi connectivity index (χ3n) is 3.28. The fourth-order valence-corrected chi connectivity index (χ4v) is 4.11. The van der Waals surface area contributed by atoms with Gasteiger partial charge in [-0.2, -0.15) is 0 Å². The molecule has 1 aromatic heterocycles. The van der Waals surface area contributed by atoms with Gasteiger partial charge < -0.3 is 4.42 Å². The molecule has 0 spiro atoms. The predicted molar refractivity (Wildman–Crippen MR) is 67.6 cm³/mol. The highest BCUT2D eigenvalue weighted by Gasteiger charge is 2.26. The van der Waals surface area contributed by atoms with Crippen molar-refractivity contribution in [2.24, 2.45) is 0 Å². The van der Waals surface area contributed by atoms with E-state index in [-0.39, 0.29) is 0 Å². The zero-order valence-corrected chi connectivity index (χ0v) is 11.2. The van der Waals surface area contributed by atoms with Crippen molar-refractivity contribution in [2.75, 3.05) is 0 Å². The van der Waals surface area contributed by atoms with Gasteiger partial charge in [-0.15, -0.1) is 0 Å². The SMILES string of the molecule is C[Si](C)(C)c1occ2c1CCCCCC2. The maximum Gasteiger partial charge on any atom is 0.123 e. The van der Waals surface area contributed by atoms with Gasteiger partial charge in [-0.3, -0.25) is 0 Å². The van der Waals surface area contributed by atoms with Gasteiger partial charge in [-0.05, 0) is 36.8 Å². The molecule has 0 saturated heterocycles. The Morgan fingerprint density at radius 3 is 2.33 bits per heavy atom. The summed E-state index contributed by atoms with van der Waals surface area (Å²) in [5.41, 5.74) is 3.08. The maximum atomic E-state index is 5.85. The van der Waals surface area contributed by atoms with Crippen molar-refractivity contribution in [2.45, 2.75) is 58.2 Å². The number of hydrogen-bond donors (Lipinski definition) is 0. The fourth-order valence-electron chi connectivity index (χ4n) is 2.50. The van der Waals surface area contributed by atoms with Crippen LogP contribution in [0.5, 0.6) is 0 Å². The molecular formula is C13H22OSi. The van der Waals surface area contributed by atoms with Crippen LogP contribution in [0.15, 0.2) is 10.7 Å². The zero-order chi connectivity index (χ0) is 10.9. The van der Waals surface area contributed by atoms with Crippen LogP contribution in [0.25, 0.3) is 0 Å². The molecule has 1 aliphatic carbocycles. The van der Waals surface area contributed by atoms with Crippen molar-refractivity contribution in [3.63, 3.8) is 0 Å². The van der Waals surface area contributed by atoms with Crippen LogP contribution in [0.4, 0.5) is 0 Å². The third kappa shape index (κ3) is 2.36. The average Bonchev–Trinajstić information content (AvgIpc) is 2.46. The standard InChI is InChI=1S/C13H22OSi/c1-15(2,3)13-12-9-7-5-4-6-8-11(12)10-14-13/h10H,4-9H2,1-3H3. The molecule has 0 radical (unpaired) electrons. The molecule has 0 N–H and O–H groups in total. The van der Waals surface area contributed by atoms with Crippen LogP contribution in [-0.4, -0.2) is 8.07 Å². The molecule has 0 fully saturated rings. The van der Waals surface area contributed by atoms with E-state index < -0.39 is 8.07 Å². The van der Waals surface area contributed by atoms with Crippen molar-refractivity contribution in [3.05, 3.63) is 17.4 Å². The summed E-state index contributed by atoms with van der Waals surface area (Å²) in [5.74, 6) is 0. The first-order valence-corrected chi connectivity index (χ1v) is 9.69. The van der Waals surface area contributed by atoms with Gasteiger partial charge in [0, 0.05) is 0 Å². The largest absolute Gasteiger partial charge is 0.474 e. The second kappa shape index (κ2) is 4.16. The molecule has 0 aliphatic heterocycles. The number of furan rings is 1. The van der Waals surface area contributed by atoms with Crippen LogP contribution in [0, 0.1) is 0 Å². The van der Waals surface area contributed by atoms with Gasteiger partial charge in [0.25, 0.3) is 0 Å². The molecule has 1 nitrogen and oxygen atoms in total. The number of aryl methyl sites for hydroxylation is 1. The van der Waals surface area contributed by atoms with Gasteiger partial charge in [0.1, 0.15) is 8.07 Å². The minimum Gasteiger partial charge on any atom is -0.474 e. The van der Waals surface area contributed by atoms with Crippen molar-refractivity contribution in [3.8, 4) is 0 Å². The number of hydrogen-bond acceptors (Lipinski definition) is 1. The molecule has 0 aromatic carbocycles. The summed E-state index contributed by atoms with van der Waals surface area (Å²) >= 11 is 0. The van der Waals surface area contributed by atoms with Crippen LogP contribution in [-0.2, 0) is 12.8 Å². The summed E-state index contributed by atoms with van der Waals surface area (Å²) in [4.78, 5) is 0. The second-order valence-electron chi connectivity index (χ2n) is 5.73. The highest BCUT2D eigenvalue weighted by molar-refractivity contribution is 6.88. The normalized spacial score (nSPS) is 18.1. The minimum atomic E-state index is -1.27. The molecule has 1 aromatic rings. The van der Waals surface area contributed by atoms with E-state index in [2.05, 4.69) is 19.6 Å². The van der Waals surface area contributed by atoms with Gasteiger partial charge in [-0.1, -0.05) is 32.5 Å². The molecule has 0 atom stereocenters. The summed E-state index contributed by atoms with van der Waals surface area (Å²) < 4.78 is 5.85. The quantitative estimate of drug-likeness (QED) is 0.663. The van der Waals surface area contributed by atoms with Crippen molar-refractivity contribution < 1.29 is 4.42 Å². The Morgan fingerprint density at radius 1 is 1.00 bits per heavy atom. The number of rotatable bonds is 1. The monoisotopic (exact) mass is 222 g/mol. The molecular weight excluding hydrogens is 200 g/mol. The van der Waals surface area contributed by atoms with Gasteiger partial charge in [0.15, 0.2) is 0 Å². The number of fused-ring (bicyclic) bond motifs is 1. The molecule has 15 heavy (non-hydrogen) atoms. The first-order valence-electron chi connectivity index (χ1n) is 6.19. The lowest BCUT2D eigenvalue weighted by atomic mass is 9.97. The Hall–Kier alpha value is -0.503. The van der Waals surface area contributed by atoms with Crippen LogP contribution < -0.4 is 5.38 Å². The Bertz CT molecular complexity index is 333. The third-order valence-corrected chi connectivity index (χ3v) is 5.07. The molecule has 84 valence electrons. The topological polar surface area (TPSA) is 13.1 Å². The van der Waals surface area contributed by atoms with Gasteiger partial charge in [-0.25, -0.2) is 0 Å². The summed E-state index contributed by atoms with van der Waals surface area (Å²) in [7, 11) is -1.27. The Balaban J connectivity index is 2.34. The van der Waals surface area contributed by atoms with Gasteiger partial charge in [0.05, 0.1) is 11.6 Å². The van der Waals surface area contributed by atoms with Crippen molar-refractivity contribution in [1.82, 2.24) is 0 Å². The molecule has 1 aliphatic rings. The summed E-state index contributed by atoms with van der Waals surface area (Å²) in [5, 5.41) is 1.36. The average molecular weight is 222 g/mol. The lowest BCUT2D eigenvalue weighted by molar-refractivity contribution is 0.590. The van der Waals surface area contributed by atoms with Crippen LogP contribution in [0.3, 0.4) is 0 Å². The predicted octanol–water partition coefficient (Wildman–Crippen LogP) is 3.48. The fraction of sp³-hybridized carbons (Fsp3) is 0.692. The van der Waals surface area contributed by atoms with E-state index in [4.69, 9.17) is 4.42 Å². The molecule has 0 unspecified atom stereocenters. The summed E-state index contributed by atoms with van der Waals surface area (Å²) in [6.45, 7) is 7.14. The minimum absolute atomic E-state index is 1.24. The second-order valence-corrected chi connectivity index (χ2v) is 10.7. The maximum absolute atomic E-state index is 5.85. The molecule has 2 heteroatoms. The first kappa shape index (κ1) is 11.0. The lowest BCUT2D eigenvalue weighted by Crippen LogP contribution is -2.39. The summed E-state index contributed by atoms with van der Waals surface area (Å²) in [6, 6.07) is 0. The van der Waals surface area contributed by atoms with E-state index in [1.807, 2.05) is 6.26 Å². The Labute approximate surface area is 93.9 Å². The van der Waals surface area contributed by atoms with Crippen LogP contribution in [0.1, 0.15) is 36.8 Å². The van der Waals surface area contributed by atoms with Crippen LogP contribution >= 0.6 is 0 Å². The molecule has 0 bridgehead atoms. The van der Waals surface area contributed by atoms with E-state index in [1.54, 1.807) is 5.56 Å². The molecule has 1 heterocycles.